The minimum absolute atomic E-state index is 0.0409. The van der Waals surface area contributed by atoms with Gasteiger partial charge >= 0.3 is 0 Å². The molecule has 0 saturated heterocycles. The van der Waals surface area contributed by atoms with Crippen molar-refractivity contribution in [2.24, 2.45) is 0 Å². The molecule has 0 bridgehead atoms. The largest absolute Gasteiger partial charge is 0.457 e. The van der Waals surface area contributed by atoms with Gasteiger partial charge in [0.1, 0.15) is 11.5 Å². The van der Waals surface area contributed by atoms with Crippen LogP contribution < -0.4 is 4.74 Å². The Morgan fingerprint density at radius 1 is 0.488 bits per heavy atom. The molecular weight excluding hydrogens is 500 g/mol. The van der Waals surface area contributed by atoms with Crippen molar-refractivity contribution in [3.8, 4) is 34.0 Å². The number of rotatable bonds is 4. The van der Waals surface area contributed by atoms with Crippen molar-refractivity contribution in [3.63, 3.8) is 0 Å². The first-order chi connectivity index (χ1) is 19.2. The maximum atomic E-state index is 6.70. The molecule has 2 heterocycles. The van der Waals surface area contributed by atoms with E-state index >= 15 is 0 Å². The number of hydrogen-bond donors (Lipinski definition) is 0. The molecule has 210 valence electrons. The summed E-state index contributed by atoms with van der Waals surface area (Å²) in [7, 11) is 0. The van der Waals surface area contributed by atoms with Crippen LogP contribution in [0.25, 0.3) is 33.3 Å². The molecule has 5 aromatic rings. The van der Waals surface area contributed by atoms with E-state index in [0.717, 1.165) is 39.4 Å². The first kappa shape index (κ1) is 28.5. The minimum atomic E-state index is -0.0549. The highest BCUT2D eigenvalue weighted by Crippen LogP contribution is 2.38. The van der Waals surface area contributed by atoms with Crippen molar-refractivity contribution in [2.75, 3.05) is 0 Å². The van der Waals surface area contributed by atoms with Gasteiger partial charge in [0, 0.05) is 28.9 Å². The van der Waals surface area contributed by atoms with E-state index in [4.69, 9.17) is 14.7 Å². The summed E-state index contributed by atoms with van der Waals surface area (Å²) >= 11 is 0. The number of aromatic nitrogens is 2. The van der Waals surface area contributed by atoms with E-state index in [1.165, 1.54) is 22.1 Å². The van der Waals surface area contributed by atoms with E-state index in [1.54, 1.807) is 0 Å². The smallest absolute Gasteiger partial charge is 0.128 e. The fourth-order valence-corrected chi connectivity index (χ4v) is 4.91. The van der Waals surface area contributed by atoms with Gasteiger partial charge in [-0.1, -0.05) is 86.6 Å². The second-order valence-electron chi connectivity index (χ2n) is 14.2. The van der Waals surface area contributed by atoms with E-state index in [1.807, 2.05) is 18.5 Å². The van der Waals surface area contributed by atoms with Crippen LogP contribution in [0.3, 0.4) is 0 Å². The Balaban J connectivity index is 1.61. The summed E-state index contributed by atoms with van der Waals surface area (Å²) in [6, 6.07) is 27.8. The fraction of sp³-hybridized carbons (Fsp3) is 0.316. The number of ether oxygens (including phenoxy) is 1. The molecule has 3 aromatic carbocycles. The van der Waals surface area contributed by atoms with Gasteiger partial charge in [-0.2, -0.15) is 0 Å². The average Bonchev–Trinajstić information content (AvgIpc) is 2.91. The monoisotopic (exact) mass is 542 g/mol. The zero-order chi connectivity index (χ0) is 29.6. The van der Waals surface area contributed by atoms with Gasteiger partial charge in [0.15, 0.2) is 0 Å². The summed E-state index contributed by atoms with van der Waals surface area (Å²) in [4.78, 5) is 9.57. The van der Waals surface area contributed by atoms with Gasteiger partial charge in [-0.15, -0.1) is 0 Å². The Hall–Kier alpha value is -3.98. The quantitative estimate of drug-likeness (QED) is 0.226. The zero-order valence-corrected chi connectivity index (χ0v) is 26.0. The molecular formula is C38H42N2O. The molecule has 0 aliphatic rings. The van der Waals surface area contributed by atoms with Gasteiger partial charge in [0.2, 0.25) is 0 Å². The molecule has 0 atom stereocenters. The number of nitrogens with zero attached hydrogens (tertiary/aromatic N) is 2. The van der Waals surface area contributed by atoms with Crippen LogP contribution in [-0.4, -0.2) is 9.97 Å². The van der Waals surface area contributed by atoms with Crippen molar-refractivity contribution in [3.05, 3.63) is 108 Å². The summed E-state index contributed by atoms with van der Waals surface area (Å²) < 4.78 is 6.70. The van der Waals surface area contributed by atoms with Crippen LogP contribution >= 0.6 is 0 Å². The van der Waals surface area contributed by atoms with Crippen molar-refractivity contribution in [1.29, 1.82) is 0 Å². The number of benzene rings is 3. The van der Waals surface area contributed by atoms with Crippen LogP contribution in [0, 0.1) is 0 Å². The topological polar surface area (TPSA) is 35.0 Å². The van der Waals surface area contributed by atoms with Gasteiger partial charge in [-0.3, -0.25) is 9.97 Å². The molecule has 0 radical (unpaired) electrons. The summed E-state index contributed by atoms with van der Waals surface area (Å²) in [5.74, 6) is 1.61. The SMILES string of the molecule is CC(C)(C)c1cc(Oc2cc(-c3cc4ccccc4cn3)cc(C(C)(C)C)c2)cc(-c2cc(C(C)(C)C)ccn2)c1. The maximum absolute atomic E-state index is 6.70. The first-order valence-electron chi connectivity index (χ1n) is 14.5. The number of pyridine rings is 2. The van der Waals surface area contributed by atoms with E-state index in [9.17, 15) is 0 Å². The van der Waals surface area contributed by atoms with Gasteiger partial charge in [-0.05, 0) is 92.9 Å². The fourth-order valence-electron chi connectivity index (χ4n) is 4.91. The van der Waals surface area contributed by atoms with Gasteiger partial charge in [0.05, 0.1) is 11.4 Å². The van der Waals surface area contributed by atoms with E-state index in [2.05, 4.69) is 135 Å². The summed E-state index contributed by atoms with van der Waals surface area (Å²) in [5.41, 5.74) is 7.60. The Kier molecular flexibility index (Phi) is 7.27. The van der Waals surface area contributed by atoms with Crippen molar-refractivity contribution < 1.29 is 4.74 Å². The lowest BCUT2D eigenvalue weighted by Gasteiger charge is -2.23. The molecule has 3 heteroatoms. The molecule has 0 amide bonds. The first-order valence-corrected chi connectivity index (χ1v) is 14.5. The highest BCUT2D eigenvalue weighted by atomic mass is 16.5. The van der Waals surface area contributed by atoms with Gasteiger partial charge < -0.3 is 4.74 Å². The lowest BCUT2D eigenvalue weighted by molar-refractivity contribution is 0.475. The molecule has 3 nitrogen and oxygen atoms in total. The highest BCUT2D eigenvalue weighted by Gasteiger charge is 2.21. The van der Waals surface area contributed by atoms with Crippen molar-refractivity contribution in [2.45, 2.75) is 78.6 Å². The third-order valence-electron chi connectivity index (χ3n) is 7.63. The second-order valence-corrected chi connectivity index (χ2v) is 14.2. The Labute approximate surface area is 245 Å². The maximum Gasteiger partial charge on any atom is 0.128 e. The highest BCUT2D eigenvalue weighted by molar-refractivity contribution is 5.85. The molecule has 0 N–H and O–H groups in total. The number of fused-ring (bicyclic) bond motifs is 1. The molecule has 0 aliphatic carbocycles. The summed E-state index contributed by atoms with van der Waals surface area (Å²) in [6.07, 6.45) is 3.86. The Bertz CT molecular complexity index is 1710. The zero-order valence-electron chi connectivity index (χ0n) is 26.0. The third-order valence-corrected chi connectivity index (χ3v) is 7.63. The summed E-state index contributed by atoms with van der Waals surface area (Å²) in [6.45, 7) is 20.1. The lowest BCUT2D eigenvalue weighted by Crippen LogP contribution is -2.12. The average molecular weight is 543 g/mol. The van der Waals surface area contributed by atoms with Crippen molar-refractivity contribution in [1.82, 2.24) is 9.97 Å². The van der Waals surface area contributed by atoms with E-state index in [0.29, 0.717) is 0 Å². The molecule has 2 aromatic heterocycles. The number of hydrogen-bond acceptors (Lipinski definition) is 3. The van der Waals surface area contributed by atoms with Crippen LogP contribution in [-0.2, 0) is 16.2 Å². The Morgan fingerprint density at radius 3 is 1.54 bits per heavy atom. The molecule has 0 spiro atoms. The normalized spacial score (nSPS) is 12.5. The Morgan fingerprint density at radius 2 is 1.00 bits per heavy atom. The van der Waals surface area contributed by atoms with Gasteiger partial charge in [0.25, 0.3) is 0 Å². The van der Waals surface area contributed by atoms with Crippen LogP contribution in [0.5, 0.6) is 11.5 Å². The molecule has 5 rings (SSSR count). The molecule has 41 heavy (non-hydrogen) atoms. The predicted molar refractivity (Wildman–Crippen MR) is 173 cm³/mol. The molecule has 0 saturated carbocycles. The molecule has 0 aliphatic heterocycles. The van der Waals surface area contributed by atoms with Crippen molar-refractivity contribution >= 4 is 10.8 Å². The van der Waals surface area contributed by atoms with E-state index in [-0.39, 0.29) is 16.2 Å². The predicted octanol–water partition coefficient (Wildman–Crippen LogP) is 10.6. The van der Waals surface area contributed by atoms with Crippen LogP contribution in [0.1, 0.15) is 79.0 Å². The van der Waals surface area contributed by atoms with Crippen LogP contribution in [0.15, 0.2) is 91.3 Å². The second kappa shape index (κ2) is 10.4. The molecule has 0 unspecified atom stereocenters. The third kappa shape index (κ3) is 6.51. The van der Waals surface area contributed by atoms with Crippen LogP contribution in [0.4, 0.5) is 0 Å². The lowest BCUT2D eigenvalue weighted by atomic mass is 9.84. The molecule has 0 fully saturated rings. The standard InChI is InChI=1S/C38H42N2O/c1-36(2,3)29-14-15-39-35(23-29)28-17-31(38(7,8)9)22-33(19-28)41-32-18-27(16-30(21-32)37(4,5)6)34-20-25-12-10-11-13-26(25)24-40-34/h10-24H,1-9H3. The van der Waals surface area contributed by atoms with Gasteiger partial charge in [-0.25, -0.2) is 0 Å². The minimum Gasteiger partial charge on any atom is -0.457 e. The van der Waals surface area contributed by atoms with Crippen LogP contribution in [0.2, 0.25) is 0 Å². The summed E-state index contributed by atoms with van der Waals surface area (Å²) in [5, 5.41) is 2.31. The van der Waals surface area contributed by atoms with E-state index < -0.39 is 0 Å².